The van der Waals surface area contributed by atoms with E-state index in [1.807, 2.05) is 0 Å². The largest absolute Gasteiger partial charge is 0.406 e. The van der Waals surface area contributed by atoms with Crippen molar-refractivity contribution in [2.45, 2.75) is 51.2 Å². The van der Waals surface area contributed by atoms with Crippen molar-refractivity contribution in [3.05, 3.63) is 18.2 Å². The van der Waals surface area contributed by atoms with Gasteiger partial charge in [0.05, 0.1) is 18.7 Å². The quantitative estimate of drug-likeness (QED) is 0.812. The average molecular weight is 348 g/mol. The summed E-state index contributed by atoms with van der Waals surface area (Å²) in [7, 11) is 1.68. The first-order valence-electron chi connectivity index (χ1n) is 7.92. The summed E-state index contributed by atoms with van der Waals surface area (Å²) < 4.78 is 44.1. The molecular weight excluding hydrogens is 325 g/mol. The molecule has 136 valence electrons. The Bertz CT molecular complexity index is 541. The third-order valence-corrected chi connectivity index (χ3v) is 4.11. The molecule has 6 nitrogen and oxygen atoms in total. The second kappa shape index (κ2) is 7.98. The van der Waals surface area contributed by atoms with Gasteiger partial charge in [-0.25, -0.2) is 4.98 Å². The second-order valence-electron chi connectivity index (χ2n) is 6.06. The summed E-state index contributed by atoms with van der Waals surface area (Å²) in [5.74, 6) is 0.0931. The molecule has 0 aliphatic carbocycles. The summed E-state index contributed by atoms with van der Waals surface area (Å²) >= 11 is 0. The van der Waals surface area contributed by atoms with E-state index in [2.05, 4.69) is 10.3 Å². The second-order valence-corrected chi connectivity index (χ2v) is 6.06. The minimum absolute atomic E-state index is 0.0529. The summed E-state index contributed by atoms with van der Waals surface area (Å²) in [6, 6.07) is -0.484. The highest BCUT2D eigenvalue weighted by Crippen LogP contribution is 2.19. The molecule has 1 aromatic rings. The molecular formula is C15H23F3N4O2. The molecule has 1 fully saturated rings. The van der Waals surface area contributed by atoms with Crippen LogP contribution in [0.15, 0.2) is 12.4 Å². The van der Waals surface area contributed by atoms with Crippen LogP contribution in [0.5, 0.6) is 0 Å². The van der Waals surface area contributed by atoms with Crippen LogP contribution in [0.2, 0.25) is 0 Å². The Labute approximate surface area is 139 Å². The van der Waals surface area contributed by atoms with Gasteiger partial charge in [-0.1, -0.05) is 0 Å². The minimum atomic E-state index is -4.31. The van der Waals surface area contributed by atoms with Crippen LogP contribution >= 0.6 is 0 Å². The number of nitrogens with one attached hydrogen (secondary N) is 1. The van der Waals surface area contributed by atoms with Gasteiger partial charge in [-0.3, -0.25) is 9.69 Å². The minimum Gasteiger partial charge on any atom is -0.376 e. The van der Waals surface area contributed by atoms with Gasteiger partial charge in [0.15, 0.2) is 0 Å². The number of rotatable bonds is 7. The van der Waals surface area contributed by atoms with E-state index in [1.165, 1.54) is 12.4 Å². The Morgan fingerprint density at radius 2 is 2.33 bits per heavy atom. The number of alkyl halides is 3. The lowest BCUT2D eigenvalue weighted by Crippen LogP contribution is -2.45. The van der Waals surface area contributed by atoms with Gasteiger partial charge >= 0.3 is 6.18 Å². The van der Waals surface area contributed by atoms with Gasteiger partial charge in [0.1, 0.15) is 12.4 Å². The topological polar surface area (TPSA) is 59.4 Å². The molecule has 0 unspecified atom stereocenters. The number of nitrogens with zero attached hydrogens (tertiary/aromatic N) is 3. The van der Waals surface area contributed by atoms with E-state index in [9.17, 15) is 18.0 Å². The van der Waals surface area contributed by atoms with Gasteiger partial charge in [-0.15, -0.1) is 0 Å². The van der Waals surface area contributed by atoms with Gasteiger partial charge in [0.2, 0.25) is 5.91 Å². The number of halogens is 3. The van der Waals surface area contributed by atoms with E-state index in [0.717, 1.165) is 24.0 Å². The van der Waals surface area contributed by atoms with Crippen LogP contribution in [0.4, 0.5) is 13.2 Å². The molecule has 0 radical (unpaired) electrons. The fourth-order valence-electron chi connectivity index (χ4n) is 2.56. The molecule has 24 heavy (non-hydrogen) atoms. The van der Waals surface area contributed by atoms with E-state index in [4.69, 9.17) is 4.74 Å². The molecule has 1 saturated heterocycles. The number of hydrogen-bond donors (Lipinski definition) is 1. The first kappa shape index (κ1) is 18.7. The zero-order chi connectivity index (χ0) is 17.7. The molecule has 2 heterocycles. The molecule has 1 aliphatic rings. The van der Waals surface area contributed by atoms with Crippen LogP contribution in [0.1, 0.15) is 25.6 Å². The van der Waals surface area contributed by atoms with Crippen LogP contribution in [-0.4, -0.2) is 58.9 Å². The van der Waals surface area contributed by atoms with Crippen LogP contribution in [0.3, 0.4) is 0 Å². The number of ether oxygens (including phenoxy) is 1. The summed E-state index contributed by atoms with van der Waals surface area (Å²) in [5, 5.41) is 2.82. The van der Waals surface area contributed by atoms with E-state index < -0.39 is 18.8 Å². The lowest BCUT2D eigenvalue weighted by atomic mass is 10.2. The van der Waals surface area contributed by atoms with Crippen molar-refractivity contribution in [1.29, 1.82) is 0 Å². The lowest BCUT2D eigenvalue weighted by molar-refractivity contribution is -0.141. The Morgan fingerprint density at radius 1 is 1.58 bits per heavy atom. The number of hydrogen-bond acceptors (Lipinski definition) is 4. The third kappa shape index (κ3) is 5.48. The van der Waals surface area contributed by atoms with E-state index in [0.29, 0.717) is 6.54 Å². The zero-order valence-corrected chi connectivity index (χ0v) is 13.8. The average Bonchev–Trinajstić information content (AvgIpc) is 3.15. The standard InChI is InChI=1S/C15H23F3N4O2/c1-11(14(23)20-8-12-4-3-7-24-12)21(2)9-13-19-5-6-22(13)10-15(16,17)18/h5-6,11-12H,3-4,7-10H2,1-2H3,(H,20,23)/t11-,12+/m0/s1. The van der Waals surface area contributed by atoms with E-state index in [-0.39, 0.29) is 24.4 Å². The van der Waals surface area contributed by atoms with Crippen molar-refractivity contribution in [2.75, 3.05) is 20.2 Å². The molecule has 0 spiro atoms. The monoisotopic (exact) mass is 348 g/mol. The number of amides is 1. The highest BCUT2D eigenvalue weighted by molar-refractivity contribution is 5.81. The lowest BCUT2D eigenvalue weighted by Gasteiger charge is -2.24. The molecule has 0 aromatic carbocycles. The van der Waals surface area contributed by atoms with Crippen LogP contribution in [0.25, 0.3) is 0 Å². The fourth-order valence-corrected chi connectivity index (χ4v) is 2.56. The van der Waals surface area contributed by atoms with Crippen molar-refractivity contribution in [1.82, 2.24) is 19.8 Å². The predicted octanol–water partition coefficient (Wildman–Crippen LogP) is 1.56. The van der Waals surface area contributed by atoms with E-state index >= 15 is 0 Å². The van der Waals surface area contributed by atoms with Crippen LogP contribution in [-0.2, 0) is 22.6 Å². The van der Waals surface area contributed by atoms with Gasteiger partial charge in [0, 0.05) is 25.5 Å². The summed E-state index contributed by atoms with van der Waals surface area (Å²) in [5.41, 5.74) is 0. The molecule has 2 rings (SSSR count). The molecule has 0 saturated carbocycles. The number of aromatic nitrogens is 2. The Hall–Kier alpha value is -1.61. The maximum absolute atomic E-state index is 12.5. The SMILES string of the molecule is C[C@@H](C(=O)NC[C@H]1CCCO1)N(C)Cc1nccn1CC(F)(F)F. The molecule has 1 amide bonds. The Morgan fingerprint density at radius 3 is 2.96 bits per heavy atom. The first-order valence-corrected chi connectivity index (χ1v) is 7.92. The van der Waals surface area contributed by atoms with Crippen molar-refractivity contribution in [3.8, 4) is 0 Å². The van der Waals surface area contributed by atoms with Crippen molar-refractivity contribution in [2.24, 2.45) is 0 Å². The fraction of sp³-hybridized carbons (Fsp3) is 0.733. The Balaban J connectivity index is 1.85. The number of imidazole rings is 1. The van der Waals surface area contributed by atoms with Crippen LogP contribution in [0, 0.1) is 0 Å². The smallest absolute Gasteiger partial charge is 0.376 e. The van der Waals surface area contributed by atoms with Crippen LogP contribution < -0.4 is 5.32 Å². The molecule has 1 N–H and O–H groups in total. The summed E-state index contributed by atoms with van der Waals surface area (Å²) in [6.07, 6.45) is 0.294. The normalized spacial score (nSPS) is 19.7. The number of carbonyl (C=O) groups excluding carboxylic acids is 1. The molecule has 0 bridgehead atoms. The van der Waals surface area contributed by atoms with Crippen molar-refractivity contribution < 1.29 is 22.7 Å². The van der Waals surface area contributed by atoms with Gasteiger partial charge in [-0.05, 0) is 26.8 Å². The van der Waals surface area contributed by atoms with Gasteiger partial charge in [-0.2, -0.15) is 13.2 Å². The van der Waals surface area contributed by atoms with Crippen molar-refractivity contribution in [3.63, 3.8) is 0 Å². The van der Waals surface area contributed by atoms with Crippen molar-refractivity contribution >= 4 is 5.91 Å². The predicted molar refractivity (Wildman–Crippen MR) is 81.2 cm³/mol. The van der Waals surface area contributed by atoms with Gasteiger partial charge < -0.3 is 14.6 Å². The van der Waals surface area contributed by atoms with Gasteiger partial charge in [0.25, 0.3) is 0 Å². The summed E-state index contributed by atoms with van der Waals surface area (Å²) in [6.45, 7) is 1.95. The van der Waals surface area contributed by atoms with E-state index in [1.54, 1.807) is 18.9 Å². The zero-order valence-electron chi connectivity index (χ0n) is 13.8. The molecule has 1 aromatic heterocycles. The number of likely N-dealkylation sites (N-methyl/N-ethyl adjacent to an activating group) is 1. The maximum atomic E-state index is 12.5. The number of carbonyl (C=O) groups is 1. The molecule has 9 heteroatoms. The highest BCUT2D eigenvalue weighted by atomic mass is 19.4. The maximum Gasteiger partial charge on any atom is 0.406 e. The third-order valence-electron chi connectivity index (χ3n) is 4.11. The highest BCUT2D eigenvalue weighted by Gasteiger charge is 2.29. The summed E-state index contributed by atoms with van der Waals surface area (Å²) in [4.78, 5) is 17.8. The molecule has 1 aliphatic heterocycles. The molecule has 2 atom stereocenters. The first-order chi connectivity index (χ1) is 11.3. The Kier molecular flexibility index (Phi) is 6.22.